The van der Waals surface area contributed by atoms with Crippen LogP contribution in [-0.4, -0.2) is 12.3 Å². The van der Waals surface area contributed by atoms with Gasteiger partial charge in [-0.2, -0.15) is 0 Å². The lowest BCUT2D eigenvalue weighted by atomic mass is 10.2. The van der Waals surface area contributed by atoms with Gasteiger partial charge in [-0.1, -0.05) is 109 Å². The molecule has 0 spiro atoms. The summed E-state index contributed by atoms with van der Waals surface area (Å²) < 4.78 is 0. The van der Waals surface area contributed by atoms with Crippen molar-refractivity contribution in [1.82, 2.24) is 0 Å². The minimum absolute atomic E-state index is 0.452. The van der Waals surface area contributed by atoms with E-state index in [0.29, 0.717) is 13.1 Å². The highest BCUT2D eigenvalue weighted by atomic mass is 31.1. The monoisotopic (exact) mass is 470 g/mol. The Morgan fingerprint density at radius 2 is 0.818 bits per heavy atom. The average molecular weight is 471 g/mol. The Morgan fingerprint density at radius 1 is 0.455 bits per heavy atom. The Labute approximate surface area is 200 Å². The van der Waals surface area contributed by atoms with E-state index in [0.717, 1.165) is 12.3 Å². The third-order valence-corrected chi connectivity index (χ3v) is 11.3. The average Bonchev–Trinajstić information content (AvgIpc) is 2.90. The minimum Gasteiger partial charge on any atom is -0.326 e. The summed E-state index contributed by atoms with van der Waals surface area (Å²) >= 11 is 0. The van der Waals surface area contributed by atoms with E-state index in [2.05, 4.69) is 109 Å². The van der Waals surface area contributed by atoms with Gasteiger partial charge in [0.1, 0.15) is 0 Å². The van der Waals surface area contributed by atoms with Crippen LogP contribution in [0.4, 0.5) is 0 Å². The van der Waals surface area contributed by atoms with Crippen LogP contribution < -0.4 is 32.7 Å². The van der Waals surface area contributed by atoms with Crippen molar-refractivity contribution in [2.45, 2.75) is 19.5 Å². The first-order valence-corrected chi connectivity index (χ1v) is 14.6. The van der Waals surface area contributed by atoms with Crippen LogP contribution >= 0.6 is 15.8 Å². The summed E-state index contributed by atoms with van der Waals surface area (Å²) in [7, 11) is -0.903. The second-order valence-corrected chi connectivity index (χ2v) is 12.6. The zero-order valence-electron chi connectivity index (χ0n) is 19.0. The third kappa shape index (κ3) is 5.97. The van der Waals surface area contributed by atoms with Crippen LogP contribution in [0.1, 0.15) is 17.5 Å². The van der Waals surface area contributed by atoms with Gasteiger partial charge in [0, 0.05) is 13.1 Å². The highest BCUT2D eigenvalue weighted by molar-refractivity contribution is 7.74. The number of hydrogen-bond acceptors (Lipinski definition) is 2. The van der Waals surface area contributed by atoms with E-state index in [1.165, 1.54) is 38.8 Å². The Hall–Kier alpha value is -2.34. The number of nitrogens with two attached hydrogens (primary N) is 2. The number of rotatable bonds is 10. The summed E-state index contributed by atoms with van der Waals surface area (Å²) in [4.78, 5) is 0. The largest absolute Gasteiger partial charge is 0.326 e. The highest BCUT2D eigenvalue weighted by Gasteiger charge is 2.20. The Morgan fingerprint density at radius 3 is 1.21 bits per heavy atom. The molecule has 2 atom stereocenters. The number of hydrogen-bond donors (Lipinski definition) is 2. The second kappa shape index (κ2) is 12.2. The van der Waals surface area contributed by atoms with E-state index < -0.39 is 15.8 Å². The maximum absolute atomic E-state index is 6.13. The molecule has 0 saturated carbocycles. The second-order valence-electron chi connectivity index (χ2n) is 7.99. The SMILES string of the molecule is NCc1ccccc1P(CCCP(c1ccccc1)c1ccccc1CN)c1ccccc1. The molecule has 0 radical (unpaired) electrons. The fourth-order valence-electron chi connectivity index (χ4n) is 4.27. The quantitative estimate of drug-likeness (QED) is 0.334. The van der Waals surface area contributed by atoms with Gasteiger partial charge in [0.25, 0.3) is 0 Å². The normalized spacial score (nSPS) is 12.9. The van der Waals surface area contributed by atoms with Gasteiger partial charge >= 0.3 is 0 Å². The van der Waals surface area contributed by atoms with Crippen molar-refractivity contribution in [2.24, 2.45) is 11.5 Å². The van der Waals surface area contributed by atoms with Crippen molar-refractivity contribution in [3.05, 3.63) is 120 Å². The van der Waals surface area contributed by atoms with Crippen LogP contribution in [0.3, 0.4) is 0 Å². The molecule has 168 valence electrons. The molecule has 0 saturated heterocycles. The summed E-state index contributed by atoms with van der Waals surface area (Å²) in [6.07, 6.45) is 3.48. The van der Waals surface area contributed by atoms with Crippen LogP contribution in [0.5, 0.6) is 0 Å². The first-order chi connectivity index (χ1) is 16.3. The number of benzene rings is 4. The lowest BCUT2D eigenvalue weighted by Crippen LogP contribution is -2.22. The molecule has 4 heteroatoms. The van der Waals surface area contributed by atoms with Gasteiger partial charge in [0.15, 0.2) is 0 Å². The fourth-order valence-corrected chi connectivity index (χ4v) is 9.65. The summed E-state index contributed by atoms with van der Waals surface area (Å²) in [6.45, 7) is 1.17. The minimum atomic E-state index is -0.452. The summed E-state index contributed by atoms with van der Waals surface area (Å²) in [5.74, 6) is 0. The van der Waals surface area contributed by atoms with Crippen molar-refractivity contribution in [2.75, 3.05) is 12.3 Å². The predicted molar refractivity (Wildman–Crippen MR) is 148 cm³/mol. The van der Waals surface area contributed by atoms with Gasteiger partial charge in [0.2, 0.25) is 0 Å². The molecule has 0 aliphatic heterocycles. The summed E-state index contributed by atoms with van der Waals surface area (Å²) in [5.41, 5.74) is 14.8. The zero-order valence-corrected chi connectivity index (χ0v) is 20.8. The molecule has 2 unspecified atom stereocenters. The standard InChI is InChI=1S/C29H32N2P2/c30-22-24-12-7-9-18-28(24)32(26-14-3-1-4-15-26)20-11-21-33(27-16-5-2-6-17-27)29-19-10-8-13-25(29)23-31/h1-10,12-19H,11,20-23,30-31H2. The molecule has 0 amide bonds. The predicted octanol–water partition coefficient (Wildman–Crippen LogP) is 4.56. The first kappa shape index (κ1) is 23.8. The molecule has 0 aliphatic carbocycles. The van der Waals surface area contributed by atoms with E-state index in [9.17, 15) is 0 Å². The fraction of sp³-hybridized carbons (Fsp3) is 0.172. The molecule has 0 bridgehead atoms. The maximum atomic E-state index is 6.13. The molecule has 4 aromatic rings. The Kier molecular flexibility index (Phi) is 8.81. The molecule has 0 fully saturated rings. The lowest BCUT2D eigenvalue weighted by molar-refractivity contribution is 1.08. The molecular weight excluding hydrogens is 438 g/mol. The topological polar surface area (TPSA) is 52.0 Å². The van der Waals surface area contributed by atoms with E-state index in [-0.39, 0.29) is 0 Å². The molecule has 0 aromatic heterocycles. The van der Waals surface area contributed by atoms with Gasteiger partial charge in [-0.3, -0.25) is 0 Å². The van der Waals surface area contributed by atoms with Crippen molar-refractivity contribution in [1.29, 1.82) is 0 Å². The van der Waals surface area contributed by atoms with E-state index >= 15 is 0 Å². The molecular formula is C29H32N2P2. The van der Waals surface area contributed by atoms with Crippen molar-refractivity contribution in [3.8, 4) is 0 Å². The Bertz CT molecular complexity index is 1040. The third-order valence-electron chi connectivity index (χ3n) is 5.90. The van der Waals surface area contributed by atoms with Crippen LogP contribution in [0.25, 0.3) is 0 Å². The Balaban J connectivity index is 1.61. The highest BCUT2D eigenvalue weighted by Crippen LogP contribution is 2.40. The van der Waals surface area contributed by atoms with Gasteiger partial charge in [-0.05, 0) is 66.9 Å². The molecule has 0 aliphatic rings. The smallest absolute Gasteiger partial charge is 0.0184 e. The van der Waals surface area contributed by atoms with Crippen LogP contribution in [0.15, 0.2) is 109 Å². The van der Waals surface area contributed by atoms with Crippen molar-refractivity contribution in [3.63, 3.8) is 0 Å². The van der Waals surface area contributed by atoms with Crippen molar-refractivity contribution >= 4 is 37.1 Å². The van der Waals surface area contributed by atoms with Gasteiger partial charge < -0.3 is 11.5 Å². The van der Waals surface area contributed by atoms with Gasteiger partial charge in [-0.15, -0.1) is 0 Å². The zero-order chi connectivity index (χ0) is 22.9. The lowest BCUT2D eigenvalue weighted by Gasteiger charge is -2.24. The molecule has 0 heterocycles. The van der Waals surface area contributed by atoms with Crippen LogP contribution in [0, 0.1) is 0 Å². The summed E-state index contributed by atoms with van der Waals surface area (Å²) in [6, 6.07) is 39.4. The molecule has 4 aromatic carbocycles. The molecule has 33 heavy (non-hydrogen) atoms. The molecule has 4 N–H and O–H groups in total. The van der Waals surface area contributed by atoms with Crippen molar-refractivity contribution < 1.29 is 0 Å². The first-order valence-electron chi connectivity index (χ1n) is 11.5. The molecule has 2 nitrogen and oxygen atoms in total. The van der Waals surface area contributed by atoms with Crippen LogP contribution in [-0.2, 0) is 13.1 Å². The van der Waals surface area contributed by atoms with E-state index in [1.807, 2.05) is 0 Å². The van der Waals surface area contributed by atoms with Gasteiger partial charge in [0.05, 0.1) is 0 Å². The van der Waals surface area contributed by atoms with Crippen LogP contribution in [0.2, 0.25) is 0 Å². The molecule has 4 rings (SSSR count). The van der Waals surface area contributed by atoms with E-state index in [1.54, 1.807) is 0 Å². The summed E-state index contributed by atoms with van der Waals surface area (Å²) in [5, 5.41) is 5.71. The van der Waals surface area contributed by atoms with E-state index in [4.69, 9.17) is 11.5 Å². The van der Waals surface area contributed by atoms with Gasteiger partial charge in [-0.25, -0.2) is 0 Å². The maximum Gasteiger partial charge on any atom is 0.0184 e.